The van der Waals surface area contributed by atoms with Gasteiger partial charge in [-0.15, -0.1) is 0 Å². The van der Waals surface area contributed by atoms with E-state index in [2.05, 4.69) is 9.72 Å². The fraction of sp³-hybridized carbons (Fsp3) is 0.333. The van der Waals surface area contributed by atoms with E-state index in [1.165, 1.54) is 18.4 Å². The number of hydrogen-bond acceptors (Lipinski definition) is 4. The zero-order valence-electron chi connectivity index (χ0n) is 20.4. The number of rotatable bonds is 5. The number of pyridine rings is 1. The maximum absolute atomic E-state index is 12.1. The average molecular weight is 516 g/mol. The lowest BCUT2D eigenvalue weighted by atomic mass is 10.2. The Bertz CT molecular complexity index is 959. The second-order valence-electron chi connectivity index (χ2n) is 7.81. The van der Waals surface area contributed by atoms with Gasteiger partial charge in [0.1, 0.15) is 11.0 Å². The van der Waals surface area contributed by atoms with Crippen LogP contribution in [0.2, 0.25) is 5.02 Å². The molecule has 0 aliphatic carbocycles. The van der Waals surface area contributed by atoms with Crippen LogP contribution in [-0.2, 0) is 22.1 Å². The number of amides is 1. The Hall–Kier alpha value is -2.74. The van der Waals surface area contributed by atoms with Gasteiger partial charge in [0.25, 0.3) is 0 Å². The van der Waals surface area contributed by atoms with E-state index in [1.807, 2.05) is 71.0 Å². The summed E-state index contributed by atoms with van der Waals surface area (Å²) >= 11 is 5.79. The van der Waals surface area contributed by atoms with Gasteiger partial charge in [-0.05, 0) is 49.2 Å². The number of piperidine rings is 1. The van der Waals surface area contributed by atoms with Gasteiger partial charge in [-0.1, -0.05) is 60.5 Å². The van der Waals surface area contributed by atoms with Crippen molar-refractivity contribution in [3.63, 3.8) is 0 Å². The molecule has 1 fully saturated rings. The molecule has 188 valence electrons. The number of likely N-dealkylation sites (N-methyl/N-ethyl adjacent to an activating group) is 1. The minimum Gasteiger partial charge on any atom is -0.453 e. The van der Waals surface area contributed by atoms with Gasteiger partial charge >= 0.3 is 6.09 Å². The summed E-state index contributed by atoms with van der Waals surface area (Å²) in [4.78, 5) is 17.5. The van der Waals surface area contributed by atoms with Crippen molar-refractivity contribution in [3.05, 3.63) is 95.8 Å². The van der Waals surface area contributed by atoms with Crippen molar-refractivity contribution in [3.8, 4) is 0 Å². The van der Waals surface area contributed by atoms with Crippen molar-refractivity contribution in [1.29, 1.82) is 0 Å². The summed E-state index contributed by atoms with van der Waals surface area (Å²) in [7, 11) is 2.07. The van der Waals surface area contributed by atoms with Crippen LogP contribution < -0.4 is 0 Å². The molecule has 35 heavy (non-hydrogen) atoms. The van der Waals surface area contributed by atoms with Crippen molar-refractivity contribution in [2.24, 2.45) is 0 Å². The molecule has 1 unspecified atom stereocenters. The largest absolute Gasteiger partial charge is 0.453 e. The van der Waals surface area contributed by atoms with Gasteiger partial charge in [-0.2, -0.15) is 0 Å². The Kier molecular flexibility index (Phi) is 13.7. The quantitative estimate of drug-likeness (QED) is 0.427. The maximum Gasteiger partial charge on any atom is 0.409 e. The highest BCUT2D eigenvalue weighted by atomic mass is 35.5. The Morgan fingerprint density at radius 2 is 1.57 bits per heavy atom. The monoisotopic (exact) mass is 515 g/mol. The molecule has 1 amide bonds. The third kappa shape index (κ3) is 11.5. The van der Waals surface area contributed by atoms with Crippen LogP contribution in [0.1, 0.15) is 25.0 Å². The van der Waals surface area contributed by atoms with Gasteiger partial charge < -0.3 is 9.64 Å². The summed E-state index contributed by atoms with van der Waals surface area (Å²) in [6.07, 6.45) is 5.73. The smallest absolute Gasteiger partial charge is 0.409 e. The fourth-order valence-electron chi connectivity index (χ4n) is 3.19. The van der Waals surface area contributed by atoms with E-state index in [0.717, 1.165) is 42.9 Å². The Labute approximate surface area is 216 Å². The molecular formula is C27H34ClN3O3S. The molecule has 8 heteroatoms. The molecule has 0 spiro atoms. The van der Waals surface area contributed by atoms with E-state index < -0.39 is 11.0 Å². The standard InChI is InChI=1S/C11H14ClNOS.C10H14N2O2.C6H6/c12-10-4-6-11(7-5-10)15(14)13-8-2-1-3-9-13;1-12(10(13)14-2)8-6-9-5-3-4-7-11-9;1-2-4-6-5-3-1/h4-7H,1-3,8-9H2;3-5,7H,6,8H2,1-2H3;1-6H. The molecule has 0 radical (unpaired) electrons. The lowest BCUT2D eigenvalue weighted by Gasteiger charge is -2.24. The molecule has 1 saturated heterocycles. The van der Waals surface area contributed by atoms with Crippen LogP contribution in [0.15, 0.2) is 90.0 Å². The van der Waals surface area contributed by atoms with E-state index >= 15 is 0 Å². The molecule has 4 rings (SSSR count). The first kappa shape index (κ1) is 28.5. The number of nitrogens with zero attached hydrogens (tertiary/aromatic N) is 3. The van der Waals surface area contributed by atoms with E-state index in [0.29, 0.717) is 11.6 Å². The summed E-state index contributed by atoms with van der Waals surface area (Å²) in [5.74, 6) is 0. The van der Waals surface area contributed by atoms with E-state index in [-0.39, 0.29) is 6.09 Å². The van der Waals surface area contributed by atoms with Crippen molar-refractivity contribution in [2.45, 2.75) is 30.6 Å². The molecule has 1 atom stereocenters. The molecule has 6 nitrogen and oxygen atoms in total. The average Bonchev–Trinajstić information content (AvgIpc) is 2.94. The topological polar surface area (TPSA) is 62.7 Å². The first-order valence-corrected chi connectivity index (χ1v) is 13.1. The fourth-order valence-corrected chi connectivity index (χ4v) is 4.57. The summed E-state index contributed by atoms with van der Waals surface area (Å²) in [5.41, 5.74) is 0.975. The lowest BCUT2D eigenvalue weighted by molar-refractivity contribution is 0.134. The number of ether oxygens (including phenoxy) is 1. The number of aromatic nitrogens is 1. The van der Waals surface area contributed by atoms with Gasteiger partial charge in [0.2, 0.25) is 0 Å². The summed E-state index contributed by atoms with van der Waals surface area (Å²) in [6, 6.07) is 25.0. The highest BCUT2D eigenvalue weighted by Gasteiger charge is 2.17. The molecule has 0 bridgehead atoms. The molecule has 0 saturated carbocycles. The van der Waals surface area contributed by atoms with Crippen LogP contribution in [0, 0.1) is 0 Å². The number of hydrogen-bond donors (Lipinski definition) is 0. The van der Waals surface area contributed by atoms with Crippen LogP contribution in [0.5, 0.6) is 0 Å². The molecule has 2 heterocycles. The molecule has 3 aromatic rings. The Morgan fingerprint density at radius 3 is 2.09 bits per heavy atom. The number of benzene rings is 2. The van der Waals surface area contributed by atoms with Crippen LogP contribution >= 0.6 is 11.6 Å². The SMILES string of the molecule is COC(=O)N(C)CCc1ccccn1.O=S(c1ccc(Cl)cc1)N1CCCCC1.c1ccccc1. The molecule has 1 aromatic heterocycles. The van der Waals surface area contributed by atoms with Crippen molar-refractivity contribution >= 4 is 28.7 Å². The minimum atomic E-state index is -1.00. The molecule has 0 N–H and O–H groups in total. The first-order valence-electron chi connectivity index (χ1n) is 11.6. The second kappa shape index (κ2) is 16.8. The first-order chi connectivity index (χ1) is 17.0. The maximum atomic E-state index is 12.1. The van der Waals surface area contributed by atoms with Crippen LogP contribution in [-0.4, -0.2) is 58.3 Å². The van der Waals surface area contributed by atoms with Crippen molar-refractivity contribution in [2.75, 3.05) is 33.8 Å². The van der Waals surface area contributed by atoms with Gasteiger partial charge in [0.15, 0.2) is 0 Å². The predicted molar refractivity (Wildman–Crippen MR) is 143 cm³/mol. The second-order valence-corrected chi connectivity index (χ2v) is 9.73. The molecule has 1 aliphatic heterocycles. The zero-order chi connectivity index (χ0) is 25.3. The normalized spacial score (nSPS) is 13.8. The van der Waals surface area contributed by atoms with Gasteiger partial charge in [0.05, 0.1) is 12.0 Å². The van der Waals surface area contributed by atoms with Gasteiger partial charge in [0, 0.05) is 50.0 Å². The van der Waals surface area contributed by atoms with Crippen LogP contribution in [0.4, 0.5) is 4.79 Å². The lowest BCUT2D eigenvalue weighted by Crippen LogP contribution is -2.31. The molecule has 2 aromatic carbocycles. The Morgan fingerprint density at radius 1 is 0.971 bits per heavy atom. The van der Waals surface area contributed by atoms with Crippen LogP contribution in [0.25, 0.3) is 0 Å². The summed E-state index contributed by atoms with van der Waals surface area (Å²) in [5, 5.41) is 0.689. The van der Waals surface area contributed by atoms with Crippen molar-refractivity contribution in [1.82, 2.24) is 14.2 Å². The van der Waals surface area contributed by atoms with E-state index in [1.54, 1.807) is 25.4 Å². The number of methoxy groups -OCH3 is 1. The number of halogens is 1. The Balaban J connectivity index is 0.000000201. The summed E-state index contributed by atoms with van der Waals surface area (Å²) in [6.45, 7) is 2.49. The highest BCUT2D eigenvalue weighted by molar-refractivity contribution is 7.82. The van der Waals surface area contributed by atoms with E-state index in [4.69, 9.17) is 11.6 Å². The third-order valence-corrected chi connectivity index (χ3v) is 6.91. The van der Waals surface area contributed by atoms with Crippen molar-refractivity contribution < 1.29 is 13.7 Å². The van der Waals surface area contributed by atoms with Gasteiger partial charge in [-0.25, -0.2) is 13.3 Å². The van der Waals surface area contributed by atoms with Gasteiger partial charge in [-0.3, -0.25) is 4.98 Å². The zero-order valence-corrected chi connectivity index (χ0v) is 22.0. The number of carbonyl (C=O) groups excluding carboxylic acids is 1. The predicted octanol–water partition coefficient (Wildman–Crippen LogP) is 5.86. The van der Waals surface area contributed by atoms with Crippen LogP contribution in [0.3, 0.4) is 0 Å². The highest BCUT2D eigenvalue weighted by Crippen LogP contribution is 2.18. The molecular weight excluding hydrogens is 482 g/mol. The third-order valence-electron chi connectivity index (χ3n) is 5.15. The number of carbonyl (C=O) groups is 1. The molecule has 1 aliphatic rings. The minimum absolute atomic E-state index is 0.319. The summed E-state index contributed by atoms with van der Waals surface area (Å²) < 4.78 is 18.7. The van der Waals surface area contributed by atoms with E-state index in [9.17, 15) is 9.00 Å².